The van der Waals surface area contributed by atoms with Gasteiger partial charge in [0.15, 0.2) is 5.72 Å². The number of ether oxygens (including phenoxy) is 1. The maximum atomic E-state index is 12.0. The van der Waals surface area contributed by atoms with Crippen LogP contribution in [0.4, 0.5) is 0 Å². The van der Waals surface area contributed by atoms with Crippen molar-refractivity contribution in [3.63, 3.8) is 0 Å². The molecule has 0 heterocycles. The van der Waals surface area contributed by atoms with Crippen molar-refractivity contribution in [3.05, 3.63) is 35.4 Å². The van der Waals surface area contributed by atoms with Gasteiger partial charge in [-0.25, -0.2) is 0 Å². The zero-order chi connectivity index (χ0) is 15.3. The van der Waals surface area contributed by atoms with E-state index in [1.165, 1.54) is 0 Å². The minimum atomic E-state index is -1.77. The van der Waals surface area contributed by atoms with Crippen molar-refractivity contribution >= 4 is 5.97 Å². The Bertz CT molecular complexity index is 440. The number of hydrogen-bond acceptors (Lipinski definition) is 5. The Kier molecular flexibility index (Phi) is 5.68. The molecule has 0 spiro atoms. The average Bonchev–Trinajstić information content (AvgIpc) is 2.39. The monoisotopic (exact) mass is 281 g/mol. The molecule has 1 aromatic carbocycles. The number of hydrogen-bond donors (Lipinski definition) is 3. The number of aliphatic hydroxyl groups excluding tert-OH is 1. The highest BCUT2D eigenvalue weighted by molar-refractivity contribution is 5.78. The second-order valence-electron chi connectivity index (χ2n) is 5.18. The van der Waals surface area contributed by atoms with Crippen molar-refractivity contribution in [1.29, 1.82) is 0 Å². The second kappa shape index (κ2) is 6.83. The summed E-state index contributed by atoms with van der Waals surface area (Å²) in [7, 11) is 0. The van der Waals surface area contributed by atoms with Crippen LogP contribution >= 0.6 is 0 Å². The largest absolute Gasteiger partial charge is 0.466 e. The molecule has 4 N–H and O–H groups in total. The number of nitrogens with two attached hydrogens (primary N) is 1. The molecule has 112 valence electrons. The van der Waals surface area contributed by atoms with Gasteiger partial charge in [0.05, 0.1) is 19.1 Å². The Balaban J connectivity index is 3.03. The molecule has 0 saturated heterocycles. The summed E-state index contributed by atoms with van der Waals surface area (Å²) in [6, 6.07) is 6.68. The van der Waals surface area contributed by atoms with Gasteiger partial charge in [-0.3, -0.25) is 10.5 Å². The van der Waals surface area contributed by atoms with Gasteiger partial charge in [0.1, 0.15) is 0 Å². The molecule has 0 amide bonds. The highest BCUT2D eigenvalue weighted by atomic mass is 16.5. The summed E-state index contributed by atoms with van der Waals surface area (Å²) in [5.74, 6) is -0.529. The topological polar surface area (TPSA) is 92.8 Å². The number of carbonyl (C=O) groups excluding carboxylic acids is 1. The van der Waals surface area contributed by atoms with Gasteiger partial charge in [-0.1, -0.05) is 38.1 Å². The Labute approximate surface area is 119 Å². The van der Waals surface area contributed by atoms with Crippen LogP contribution in [0.5, 0.6) is 0 Å². The maximum absolute atomic E-state index is 12.0. The smallest absolute Gasteiger partial charge is 0.313 e. The molecule has 0 bridgehead atoms. The minimum Gasteiger partial charge on any atom is -0.466 e. The Hall–Kier alpha value is -1.43. The molecule has 0 aliphatic carbocycles. The van der Waals surface area contributed by atoms with Crippen molar-refractivity contribution in [1.82, 2.24) is 0 Å². The Morgan fingerprint density at radius 3 is 2.30 bits per heavy atom. The predicted octanol–water partition coefficient (Wildman–Crippen LogP) is 1.09. The van der Waals surface area contributed by atoms with E-state index in [0.29, 0.717) is 12.2 Å². The van der Waals surface area contributed by atoms with E-state index in [-0.39, 0.29) is 17.8 Å². The van der Waals surface area contributed by atoms with Crippen molar-refractivity contribution in [3.8, 4) is 0 Å². The molecule has 1 unspecified atom stereocenters. The lowest BCUT2D eigenvalue weighted by molar-refractivity contribution is -0.146. The highest BCUT2D eigenvalue weighted by Crippen LogP contribution is 2.27. The van der Waals surface area contributed by atoms with Gasteiger partial charge in [-0.2, -0.15) is 0 Å². The van der Waals surface area contributed by atoms with E-state index in [9.17, 15) is 9.90 Å². The summed E-state index contributed by atoms with van der Waals surface area (Å²) in [5, 5.41) is 18.8. The number of carbonyl (C=O) groups is 1. The maximum Gasteiger partial charge on any atom is 0.313 e. The van der Waals surface area contributed by atoms with E-state index in [1.807, 2.05) is 13.8 Å². The molecule has 0 saturated carbocycles. The van der Waals surface area contributed by atoms with Gasteiger partial charge < -0.3 is 14.9 Å². The Morgan fingerprint density at radius 1 is 1.35 bits per heavy atom. The number of aliphatic hydroxyl groups is 2. The van der Waals surface area contributed by atoms with Crippen LogP contribution in [0.2, 0.25) is 0 Å². The fraction of sp³-hybridized carbons (Fsp3) is 0.533. The van der Waals surface area contributed by atoms with E-state index in [1.54, 1.807) is 31.2 Å². The summed E-state index contributed by atoms with van der Waals surface area (Å²) in [6.45, 7) is 5.43. The van der Waals surface area contributed by atoms with E-state index >= 15 is 0 Å². The molecule has 5 heteroatoms. The average molecular weight is 281 g/mol. The molecular weight excluding hydrogens is 258 g/mol. The fourth-order valence-corrected chi connectivity index (χ4v) is 2.10. The van der Waals surface area contributed by atoms with Crippen LogP contribution in [0.3, 0.4) is 0 Å². The Morgan fingerprint density at radius 2 is 1.90 bits per heavy atom. The highest BCUT2D eigenvalue weighted by Gasteiger charge is 2.27. The minimum absolute atomic E-state index is 0.0921. The van der Waals surface area contributed by atoms with Crippen LogP contribution in [0.15, 0.2) is 24.3 Å². The summed E-state index contributed by atoms with van der Waals surface area (Å²) in [5.41, 5.74) is 4.98. The van der Waals surface area contributed by atoms with Gasteiger partial charge in [-0.15, -0.1) is 0 Å². The third-order valence-electron chi connectivity index (χ3n) is 3.22. The van der Waals surface area contributed by atoms with Gasteiger partial charge in [0.25, 0.3) is 0 Å². The number of benzene rings is 1. The van der Waals surface area contributed by atoms with Crippen LogP contribution in [-0.4, -0.2) is 29.4 Å². The first-order valence-corrected chi connectivity index (χ1v) is 6.72. The van der Waals surface area contributed by atoms with Crippen molar-refractivity contribution in [2.24, 2.45) is 11.7 Å². The second-order valence-corrected chi connectivity index (χ2v) is 5.18. The van der Waals surface area contributed by atoms with Crippen molar-refractivity contribution in [2.45, 2.75) is 32.4 Å². The van der Waals surface area contributed by atoms with Crippen molar-refractivity contribution < 1.29 is 19.7 Å². The van der Waals surface area contributed by atoms with Crippen LogP contribution in [0, 0.1) is 5.92 Å². The third-order valence-corrected chi connectivity index (χ3v) is 3.22. The lowest BCUT2D eigenvalue weighted by atomic mass is 9.87. The summed E-state index contributed by atoms with van der Waals surface area (Å²) in [6.07, 6.45) is 0. The first-order valence-electron chi connectivity index (χ1n) is 6.72. The van der Waals surface area contributed by atoms with Crippen LogP contribution < -0.4 is 5.73 Å². The first kappa shape index (κ1) is 16.6. The van der Waals surface area contributed by atoms with E-state index in [0.717, 1.165) is 5.56 Å². The summed E-state index contributed by atoms with van der Waals surface area (Å²) in [4.78, 5) is 12.0. The molecule has 2 atom stereocenters. The molecule has 1 aromatic rings. The molecule has 5 nitrogen and oxygen atoms in total. The molecule has 0 fully saturated rings. The van der Waals surface area contributed by atoms with Gasteiger partial charge in [0.2, 0.25) is 0 Å². The van der Waals surface area contributed by atoms with Gasteiger partial charge in [-0.05, 0) is 18.4 Å². The zero-order valence-corrected chi connectivity index (χ0v) is 12.2. The number of rotatable bonds is 6. The lowest BCUT2D eigenvalue weighted by Crippen LogP contribution is -2.40. The van der Waals surface area contributed by atoms with Gasteiger partial charge in [0, 0.05) is 5.56 Å². The molecule has 0 aliphatic rings. The quantitative estimate of drug-likeness (QED) is 0.536. The third kappa shape index (κ3) is 3.79. The zero-order valence-electron chi connectivity index (χ0n) is 12.2. The molecule has 1 rings (SSSR count). The molecule has 0 aliphatic heterocycles. The first-order chi connectivity index (χ1) is 9.33. The summed E-state index contributed by atoms with van der Waals surface area (Å²) < 4.78 is 5.09. The number of esters is 1. The standard InChI is InChI=1S/C15H23NO4/c1-4-20-14(18)13(10(2)3)11-5-7-12(8-6-11)15(16,19)9-17/h5-8,10,13,17,19H,4,9,16H2,1-3H3/t13?,15-/m1/s1. The molecular formula is C15H23NO4. The van der Waals surface area contributed by atoms with Crippen LogP contribution in [-0.2, 0) is 15.3 Å². The summed E-state index contributed by atoms with van der Waals surface area (Å²) >= 11 is 0. The van der Waals surface area contributed by atoms with E-state index < -0.39 is 12.3 Å². The SMILES string of the molecule is CCOC(=O)C(c1ccc([C@](N)(O)CO)cc1)C(C)C. The molecule has 0 radical (unpaired) electrons. The normalized spacial score (nSPS) is 15.8. The van der Waals surface area contributed by atoms with Crippen LogP contribution in [0.1, 0.15) is 37.8 Å². The van der Waals surface area contributed by atoms with Gasteiger partial charge >= 0.3 is 5.97 Å². The fourth-order valence-electron chi connectivity index (χ4n) is 2.10. The predicted molar refractivity (Wildman–Crippen MR) is 75.8 cm³/mol. The molecule has 0 aromatic heterocycles. The lowest BCUT2D eigenvalue weighted by Gasteiger charge is -2.23. The van der Waals surface area contributed by atoms with Crippen molar-refractivity contribution in [2.75, 3.05) is 13.2 Å². The van der Waals surface area contributed by atoms with Crippen LogP contribution in [0.25, 0.3) is 0 Å². The van der Waals surface area contributed by atoms with E-state index in [2.05, 4.69) is 0 Å². The molecule has 20 heavy (non-hydrogen) atoms. The van der Waals surface area contributed by atoms with E-state index in [4.69, 9.17) is 15.6 Å².